The van der Waals surface area contributed by atoms with Crippen LogP contribution < -0.4 is 5.32 Å². The van der Waals surface area contributed by atoms with E-state index in [-0.39, 0.29) is 13.0 Å². The number of rotatable bonds is 64. The van der Waals surface area contributed by atoms with Crippen molar-refractivity contribution in [2.75, 3.05) is 13.2 Å². The summed E-state index contributed by atoms with van der Waals surface area (Å²) in [6.45, 7) is 5.86. The van der Waals surface area contributed by atoms with Crippen molar-refractivity contribution in [3.05, 3.63) is 12.2 Å². The topological polar surface area (TPSA) is 175 Å². The number of aliphatic hydroxyl groups excluding tert-OH is 5. The molecule has 1 amide bonds. The molecule has 0 aromatic heterocycles. The van der Waals surface area contributed by atoms with Gasteiger partial charge < -0.3 is 45.1 Å². The van der Waals surface area contributed by atoms with Crippen LogP contribution in [0, 0.1) is 0 Å². The molecule has 11 heteroatoms. The van der Waals surface area contributed by atoms with E-state index in [4.69, 9.17) is 14.2 Å². The first-order valence-electron chi connectivity index (χ1n) is 36.5. The lowest BCUT2D eigenvalue weighted by Gasteiger charge is -2.41. The molecular weight excluding hydrogens is 1040 g/mol. The molecule has 83 heavy (non-hydrogen) atoms. The predicted molar refractivity (Wildman–Crippen MR) is 348 cm³/mol. The Hall–Kier alpha value is -1.60. The third-order valence-electron chi connectivity index (χ3n) is 17.7. The molecule has 6 N–H and O–H groups in total. The number of ether oxygens (including phenoxy) is 3. The lowest BCUT2D eigenvalue weighted by molar-refractivity contribution is -0.305. The van der Waals surface area contributed by atoms with Gasteiger partial charge in [0.1, 0.15) is 24.4 Å². The molecule has 1 aliphatic heterocycles. The third kappa shape index (κ3) is 48.1. The molecule has 11 nitrogen and oxygen atoms in total. The number of hydrogen-bond acceptors (Lipinski definition) is 10. The molecule has 0 saturated carbocycles. The Bertz CT molecular complexity index is 1400. The van der Waals surface area contributed by atoms with Crippen LogP contribution in [0.15, 0.2) is 12.2 Å². The average molecular weight is 1180 g/mol. The highest BCUT2D eigenvalue weighted by atomic mass is 16.7. The normalized spacial score (nSPS) is 18.5. The smallest absolute Gasteiger partial charge is 0.306 e. The van der Waals surface area contributed by atoms with Gasteiger partial charge in [-0.1, -0.05) is 354 Å². The van der Waals surface area contributed by atoms with Crippen LogP contribution in [-0.4, -0.2) is 99.6 Å². The van der Waals surface area contributed by atoms with Gasteiger partial charge in [-0.2, -0.15) is 0 Å². The Morgan fingerprint density at radius 2 is 0.783 bits per heavy atom. The van der Waals surface area contributed by atoms with E-state index < -0.39 is 67.4 Å². The molecule has 0 radical (unpaired) electrons. The summed E-state index contributed by atoms with van der Waals surface area (Å²) in [6.07, 6.45) is 61.3. The van der Waals surface area contributed by atoms with Gasteiger partial charge in [0.05, 0.1) is 25.4 Å². The number of amides is 1. The molecule has 0 aliphatic carbocycles. The van der Waals surface area contributed by atoms with E-state index in [9.17, 15) is 35.1 Å². The Balaban J connectivity index is 2.51. The third-order valence-corrected chi connectivity index (χ3v) is 17.7. The van der Waals surface area contributed by atoms with Crippen molar-refractivity contribution in [3.8, 4) is 0 Å². The zero-order chi connectivity index (χ0) is 60.3. The van der Waals surface area contributed by atoms with E-state index >= 15 is 0 Å². The number of carbonyl (C=O) groups is 2. The van der Waals surface area contributed by atoms with Gasteiger partial charge in [0, 0.05) is 6.42 Å². The second kappa shape index (κ2) is 60.7. The number of hydrogen-bond donors (Lipinski definition) is 6. The second-order valence-corrected chi connectivity index (χ2v) is 25.7. The Kier molecular flexibility index (Phi) is 58.1. The molecule has 0 aromatic rings. The van der Waals surface area contributed by atoms with Crippen LogP contribution in [0.4, 0.5) is 0 Å². The average Bonchev–Trinajstić information content (AvgIpc) is 3.69. The molecular formula is C72H139NO10. The molecule has 1 aliphatic rings. The van der Waals surface area contributed by atoms with Crippen molar-refractivity contribution in [2.45, 2.75) is 423 Å². The minimum absolute atomic E-state index is 0.132. The van der Waals surface area contributed by atoms with Crippen LogP contribution in [0.5, 0.6) is 0 Å². The lowest BCUT2D eigenvalue weighted by Crippen LogP contribution is -2.61. The molecule has 8 atom stereocenters. The van der Waals surface area contributed by atoms with E-state index in [2.05, 4.69) is 26.1 Å². The van der Waals surface area contributed by atoms with E-state index in [0.717, 1.165) is 57.8 Å². The van der Waals surface area contributed by atoms with Crippen molar-refractivity contribution in [1.82, 2.24) is 5.32 Å². The fraction of sp³-hybridized carbons (Fsp3) is 0.944. The van der Waals surface area contributed by atoms with Gasteiger partial charge in [0.2, 0.25) is 5.91 Å². The fourth-order valence-corrected chi connectivity index (χ4v) is 12.0. The standard InChI is InChI=1S/C72H139NO10/c1-4-7-10-13-16-19-22-24-26-28-30-31-32-33-34-35-36-38-40-42-45-48-51-54-57-60-67(77)83-70-69(79)68(78)66(61-74)82-72(70)81-62-63(64(75)58-55-52-49-46-43-21-18-15-12-9-6-3)73-71(80)65(76)59-56-53-50-47-44-41-39-37-29-27-25-23-20-17-14-11-8-5-2/h55,58,63-66,68-70,72,74-76,78-79H,4-54,56-57,59-62H2,1-3H3,(H,73,80)/b58-55+. The van der Waals surface area contributed by atoms with Crippen molar-refractivity contribution in [2.24, 2.45) is 0 Å². The van der Waals surface area contributed by atoms with Gasteiger partial charge in [-0.05, 0) is 25.7 Å². The maximum atomic E-state index is 13.5. The number of aliphatic hydroxyl groups is 5. The quantitative estimate of drug-likeness (QED) is 0.0195. The highest BCUT2D eigenvalue weighted by Gasteiger charge is 2.47. The summed E-state index contributed by atoms with van der Waals surface area (Å²) in [7, 11) is 0. The molecule has 492 valence electrons. The molecule has 0 spiro atoms. The summed E-state index contributed by atoms with van der Waals surface area (Å²) < 4.78 is 17.7. The number of allylic oxidation sites excluding steroid dienone is 1. The zero-order valence-corrected chi connectivity index (χ0v) is 54.9. The largest absolute Gasteiger partial charge is 0.454 e. The SMILES string of the molecule is CCCCCCCCCCC/C=C/C(O)C(COC1OC(CO)C(O)C(O)C1OC(=O)CCCCCCCCCCCCCCCCCCCCCCCCCCC)NC(=O)C(O)CCCCCCCCCCCCCCCCCCCC. The minimum Gasteiger partial charge on any atom is -0.454 e. The van der Waals surface area contributed by atoms with E-state index in [1.165, 1.54) is 270 Å². The van der Waals surface area contributed by atoms with Crippen LogP contribution in [0.1, 0.15) is 374 Å². The van der Waals surface area contributed by atoms with Crippen LogP contribution in [0.3, 0.4) is 0 Å². The number of carbonyl (C=O) groups excluding carboxylic acids is 2. The number of esters is 1. The first-order chi connectivity index (χ1) is 40.7. The van der Waals surface area contributed by atoms with Gasteiger partial charge in [-0.25, -0.2) is 0 Å². The Labute approximate surface area is 512 Å². The van der Waals surface area contributed by atoms with Crippen molar-refractivity contribution < 1.29 is 49.3 Å². The first-order valence-corrected chi connectivity index (χ1v) is 36.5. The van der Waals surface area contributed by atoms with Crippen LogP contribution in [-0.2, 0) is 23.8 Å². The highest BCUT2D eigenvalue weighted by molar-refractivity contribution is 5.80. The van der Waals surface area contributed by atoms with Gasteiger partial charge in [-0.15, -0.1) is 0 Å². The summed E-state index contributed by atoms with van der Waals surface area (Å²) in [6, 6.07) is -1.02. The predicted octanol–water partition coefficient (Wildman–Crippen LogP) is 18.6. The van der Waals surface area contributed by atoms with Gasteiger partial charge in [-0.3, -0.25) is 9.59 Å². The fourth-order valence-electron chi connectivity index (χ4n) is 12.0. The number of nitrogens with one attached hydrogen (secondary N) is 1. The molecule has 1 fully saturated rings. The molecule has 0 bridgehead atoms. The lowest BCUT2D eigenvalue weighted by atomic mass is 9.99. The second-order valence-electron chi connectivity index (χ2n) is 25.7. The van der Waals surface area contributed by atoms with Crippen LogP contribution in [0.2, 0.25) is 0 Å². The van der Waals surface area contributed by atoms with Crippen LogP contribution in [0.25, 0.3) is 0 Å². The molecule has 1 saturated heterocycles. The first kappa shape index (κ1) is 79.4. The molecule has 0 aromatic carbocycles. The van der Waals surface area contributed by atoms with Crippen LogP contribution >= 0.6 is 0 Å². The van der Waals surface area contributed by atoms with Crippen molar-refractivity contribution in [1.29, 1.82) is 0 Å². The minimum atomic E-state index is -1.61. The van der Waals surface area contributed by atoms with Gasteiger partial charge >= 0.3 is 5.97 Å². The summed E-state index contributed by atoms with van der Waals surface area (Å²) in [5.41, 5.74) is 0. The molecule has 1 heterocycles. The summed E-state index contributed by atoms with van der Waals surface area (Å²) in [4.78, 5) is 26.7. The summed E-state index contributed by atoms with van der Waals surface area (Å²) >= 11 is 0. The highest BCUT2D eigenvalue weighted by Crippen LogP contribution is 2.27. The zero-order valence-electron chi connectivity index (χ0n) is 54.9. The van der Waals surface area contributed by atoms with E-state index in [1.54, 1.807) is 6.08 Å². The number of unbranched alkanes of at least 4 members (excludes halogenated alkanes) is 50. The summed E-state index contributed by atoms with van der Waals surface area (Å²) in [5.74, 6) is -1.17. The monoisotopic (exact) mass is 1180 g/mol. The van der Waals surface area contributed by atoms with Crippen molar-refractivity contribution in [3.63, 3.8) is 0 Å². The summed E-state index contributed by atoms with van der Waals surface area (Å²) in [5, 5.41) is 57.2. The maximum Gasteiger partial charge on any atom is 0.306 e. The van der Waals surface area contributed by atoms with Crippen molar-refractivity contribution >= 4 is 11.9 Å². The van der Waals surface area contributed by atoms with E-state index in [1.807, 2.05) is 6.08 Å². The Morgan fingerprint density at radius 3 is 1.13 bits per heavy atom. The van der Waals surface area contributed by atoms with E-state index in [0.29, 0.717) is 19.3 Å². The molecule has 8 unspecified atom stereocenters. The molecule has 1 rings (SSSR count). The van der Waals surface area contributed by atoms with Gasteiger partial charge in [0.25, 0.3) is 0 Å². The maximum absolute atomic E-state index is 13.5. The Morgan fingerprint density at radius 1 is 0.458 bits per heavy atom. The van der Waals surface area contributed by atoms with Gasteiger partial charge in [0.15, 0.2) is 12.4 Å².